The lowest BCUT2D eigenvalue weighted by Gasteiger charge is -2.27. The van der Waals surface area contributed by atoms with Crippen molar-refractivity contribution in [2.24, 2.45) is 5.11 Å². The summed E-state index contributed by atoms with van der Waals surface area (Å²) in [7, 11) is 1.29. The number of aromatic nitrogens is 3. The van der Waals surface area contributed by atoms with Gasteiger partial charge in [-0.3, -0.25) is 4.79 Å². The molecule has 0 saturated heterocycles. The molecule has 1 aromatic heterocycles. The molecule has 0 saturated carbocycles. The molecule has 0 aliphatic rings. The molecular formula is C14H23N7O4. The van der Waals surface area contributed by atoms with E-state index in [-0.39, 0.29) is 26.1 Å². The Morgan fingerprint density at radius 2 is 2.12 bits per heavy atom. The fourth-order valence-corrected chi connectivity index (χ4v) is 1.78. The van der Waals surface area contributed by atoms with Gasteiger partial charge in [0.15, 0.2) is 0 Å². The van der Waals surface area contributed by atoms with Crippen molar-refractivity contribution in [2.45, 2.75) is 45.9 Å². The summed E-state index contributed by atoms with van der Waals surface area (Å²) in [6.45, 7) is 6.11. The summed E-state index contributed by atoms with van der Waals surface area (Å²) >= 11 is 0. The number of nitrogens with zero attached hydrogens (tertiary/aromatic N) is 7. The van der Waals surface area contributed by atoms with Gasteiger partial charge in [0, 0.05) is 18.0 Å². The highest BCUT2D eigenvalue weighted by atomic mass is 16.6. The van der Waals surface area contributed by atoms with E-state index in [9.17, 15) is 9.59 Å². The molecule has 11 heteroatoms. The molecule has 0 radical (unpaired) electrons. The van der Waals surface area contributed by atoms with Crippen LogP contribution in [0.25, 0.3) is 10.4 Å². The van der Waals surface area contributed by atoms with Crippen LogP contribution in [0.1, 0.15) is 32.9 Å². The normalized spacial score (nSPS) is 10.7. The lowest BCUT2D eigenvalue weighted by atomic mass is 10.2. The van der Waals surface area contributed by atoms with Crippen LogP contribution < -0.4 is 0 Å². The maximum Gasteiger partial charge on any atom is 0.410 e. The third-order valence-electron chi connectivity index (χ3n) is 2.92. The van der Waals surface area contributed by atoms with Crippen molar-refractivity contribution in [3.63, 3.8) is 0 Å². The minimum Gasteiger partial charge on any atom is -0.469 e. The quantitative estimate of drug-likeness (QED) is 0.303. The summed E-state index contributed by atoms with van der Waals surface area (Å²) < 4.78 is 9.94. The van der Waals surface area contributed by atoms with E-state index in [1.54, 1.807) is 20.8 Å². The van der Waals surface area contributed by atoms with Gasteiger partial charge in [-0.2, -0.15) is 15.0 Å². The molecule has 1 amide bonds. The highest BCUT2D eigenvalue weighted by molar-refractivity contribution is 5.72. The summed E-state index contributed by atoms with van der Waals surface area (Å²) in [5.41, 5.74) is 8.17. The van der Waals surface area contributed by atoms with Crippen molar-refractivity contribution in [1.29, 1.82) is 0 Å². The molecule has 0 aromatic carbocycles. The SMILES string of the molecule is COC(=O)CCN(CCn1ncc(CN=[N+]=[N-])n1)C(=O)OC(C)(C)C. The number of rotatable bonds is 8. The summed E-state index contributed by atoms with van der Waals surface area (Å²) in [5.74, 6) is -0.414. The Morgan fingerprint density at radius 1 is 1.40 bits per heavy atom. The number of hydrogen-bond donors (Lipinski definition) is 0. The first-order valence-electron chi connectivity index (χ1n) is 7.69. The van der Waals surface area contributed by atoms with Gasteiger partial charge in [-0.25, -0.2) is 4.79 Å². The van der Waals surface area contributed by atoms with Crippen LogP contribution in [0, 0.1) is 0 Å². The molecule has 11 nitrogen and oxygen atoms in total. The fraction of sp³-hybridized carbons (Fsp3) is 0.714. The Bertz CT molecular complexity index is 631. The molecule has 0 aliphatic heterocycles. The Kier molecular flexibility index (Phi) is 7.67. The number of hydrogen-bond acceptors (Lipinski definition) is 7. The number of carbonyl (C=O) groups is 2. The number of carbonyl (C=O) groups excluding carboxylic acids is 2. The lowest BCUT2D eigenvalue weighted by molar-refractivity contribution is -0.140. The topological polar surface area (TPSA) is 135 Å². The van der Waals surface area contributed by atoms with Crippen LogP contribution >= 0.6 is 0 Å². The largest absolute Gasteiger partial charge is 0.469 e. The average molecular weight is 353 g/mol. The predicted octanol–water partition coefficient (Wildman–Crippen LogP) is 1.89. The number of ether oxygens (including phenoxy) is 2. The number of methoxy groups -OCH3 is 1. The number of amides is 1. The van der Waals surface area contributed by atoms with Crippen LogP contribution in [0.4, 0.5) is 4.79 Å². The van der Waals surface area contributed by atoms with Crippen LogP contribution in [0.5, 0.6) is 0 Å². The molecule has 0 atom stereocenters. The summed E-state index contributed by atoms with van der Waals surface area (Å²) in [4.78, 5) is 29.0. The zero-order valence-electron chi connectivity index (χ0n) is 14.9. The standard InChI is InChI=1S/C14H23N7O4/c1-14(2,3)25-13(23)20(6-5-12(22)24-4)7-8-21-17-10-11(18-21)9-16-19-15/h10H,5-9H2,1-4H3. The first-order valence-corrected chi connectivity index (χ1v) is 7.69. The van der Waals surface area contributed by atoms with E-state index < -0.39 is 17.7 Å². The van der Waals surface area contributed by atoms with Crippen LogP contribution in [0.3, 0.4) is 0 Å². The highest BCUT2D eigenvalue weighted by Gasteiger charge is 2.23. The first kappa shape index (κ1) is 20.2. The maximum absolute atomic E-state index is 12.3. The number of esters is 1. The molecular weight excluding hydrogens is 330 g/mol. The van der Waals surface area contributed by atoms with Crippen molar-refractivity contribution < 1.29 is 19.1 Å². The van der Waals surface area contributed by atoms with Crippen LogP contribution in [0.15, 0.2) is 11.3 Å². The molecule has 0 bridgehead atoms. The first-order chi connectivity index (χ1) is 11.7. The molecule has 0 fully saturated rings. The zero-order valence-corrected chi connectivity index (χ0v) is 14.9. The molecule has 25 heavy (non-hydrogen) atoms. The van der Waals surface area contributed by atoms with E-state index in [1.807, 2.05) is 0 Å². The van der Waals surface area contributed by atoms with E-state index in [4.69, 9.17) is 10.3 Å². The van der Waals surface area contributed by atoms with E-state index in [0.717, 1.165) is 0 Å². The van der Waals surface area contributed by atoms with Gasteiger partial charge in [0.2, 0.25) is 0 Å². The van der Waals surface area contributed by atoms with Crippen LogP contribution in [0.2, 0.25) is 0 Å². The van der Waals surface area contributed by atoms with Crippen molar-refractivity contribution in [3.8, 4) is 0 Å². The highest BCUT2D eigenvalue weighted by Crippen LogP contribution is 2.10. The molecule has 1 rings (SSSR count). The van der Waals surface area contributed by atoms with E-state index in [2.05, 4.69) is 25.0 Å². The monoisotopic (exact) mass is 353 g/mol. The van der Waals surface area contributed by atoms with Gasteiger partial charge in [0.05, 0.1) is 38.5 Å². The molecule has 0 unspecified atom stereocenters. The second-order valence-electron chi connectivity index (χ2n) is 6.11. The Morgan fingerprint density at radius 3 is 2.72 bits per heavy atom. The molecule has 138 valence electrons. The molecule has 1 heterocycles. The van der Waals surface area contributed by atoms with Gasteiger partial charge in [0.25, 0.3) is 0 Å². The van der Waals surface area contributed by atoms with Gasteiger partial charge < -0.3 is 14.4 Å². The second kappa shape index (κ2) is 9.48. The lowest BCUT2D eigenvalue weighted by Crippen LogP contribution is -2.40. The van der Waals surface area contributed by atoms with E-state index in [0.29, 0.717) is 12.2 Å². The van der Waals surface area contributed by atoms with Gasteiger partial charge in [-0.05, 0) is 26.3 Å². The predicted molar refractivity (Wildman–Crippen MR) is 87.3 cm³/mol. The minimum absolute atomic E-state index is 0.0599. The van der Waals surface area contributed by atoms with Crippen LogP contribution in [-0.2, 0) is 27.4 Å². The van der Waals surface area contributed by atoms with E-state index >= 15 is 0 Å². The fourth-order valence-electron chi connectivity index (χ4n) is 1.78. The van der Waals surface area contributed by atoms with Crippen LogP contribution in [-0.4, -0.2) is 57.8 Å². The summed E-state index contributed by atoms with van der Waals surface area (Å²) in [6, 6.07) is 0. The molecule has 0 spiro atoms. The Hall–Kier alpha value is -2.81. The molecule has 0 aliphatic carbocycles. The second-order valence-corrected chi connectivity index (χ2v) is 6.11. The molecule has 0 N–H and O–H groups in total. The summed E-state index contributed by atoms with van der Waals surface area (Å²) in [5, 5.41) is 11.6. The van der Waals surface area contributed by atoms with Crippen molar-refractivity contribution in [2.75, 3.05) is 20.2 Å². The minimum atomic E-state index is -0.646. The van der Waals surface area contributed by atoms with E-state index in [1.165, 1.54) is 23.0 Å². The third kappa shape index (κ3) is 8.02. The van der Waals surface area contributed by atoms with Gasteiger partial charge in [-0.15, -0.1) is 0 Å². The van der Waals surface area contributed by atoms with Gasteiger partial charge >= 0.3 is 12.1 Å². The van der Waals surface area contributed by atoms with Crippen molar-refractivity contribution in [1.82, 2.24) is 19.9 Å². The van der Waals surface area contributed by atoms with Gasteiger partial charge in [-0.1, -0.05) is 5.11 Å². The van der Waals surface area contributed by atoms with Gasteiger partial charge in [0.1, 0.15) is 5.60 Å². The van der Waals surface area contributed by atoms with Crippen molar-refractivity contribution in [3.05, 3.63) is 22.3 Å². The zero-order chi connectivity index (χ0) is 18.9. The Labute approximate surface area is 145 Å². The van der Waals surface area contributed by atoms with Crippen molar-refractivity contribution >= 4 is 12.1 Å². The number of azide groups is 1. The third-order valence-corrected chi connectivity index (χ3v) is 2.92. The smallest absolute Gasteiger partial charge is 0.410 e. The maximum atomic E-state index is 12.3. The molecule has 1 aromatic rings. The Balaban J connectivity index is 2.68. The summed E-state index contributed by atoms with van der Waals surface area (Å²) in [6.07, 6.45) is 1.02. The average Bonchev–Trinajstić information content (AvgIpc) is 2.98.